The summed E-state index contributed by atoms with van der Waals surface area (Å²) in [5.41, 5.74) is 6.88. The number of fused-ring (bicyclic) bond motifs is 1. The quantitative estimate of drug-likeness (QED) is 0.483. The van der Waals surface area contributed by atoms with Gasteiger partial charge in [0.25, 0.3) is 0 Å². The van der Waals surface area contributed by atoms with E-state index in [9.17, 15) is 0 Å². The molecule has 2 unspecified atom stereocenters. The molecule has 0 bridgehead atoms. The molecule has 0 spiro atoms. The highest BCUT2D eigenvalue weighted by molar-refractivity contribution is 5.81. The third-order valence-electron chi connectivity index (χ3n) is 5.73. The fraction of sp³-hybridized carbons (Fsp3) is 0.231. The number of benzene rings is 3. The molecule has 3 aromatic carbocycles. The SMILES string of the molecule is CCC(C)C1C(c2ccccc2)=CN(Cc2ccccc2)c2ccccc21. The van der Waals surface area contributed by atoms with Crippen molar-refractivity contribution in [2.75, 3.05) is 4.90 Å². The summed E-state index contributed by atoms with van der Waals surface area (Å²) in [5.74, 6) is 1.03. The Morgan fingerprint density at radius 2 is 1.44 bits per heavy atom. The first-order valence-corrected chi connectivity index (χ1v) is 9.94. The number of allylic oxidation sites excluding steroid dienone is 1. The molecule has 3 aromatic rings. The van der Waals surface area contributed by atoms with Gasteiger partial charge in [0, 0.05) is 24.4 Å². The van der Waals surface area contributed by atoms with E-state index in [0.29, 0.717) is 11.8 Å². The van der Waals surface area contributed by atoms with Gasteiger partial charge in [-0.25, -0.2) is 0 Å². The van der Waals surface area contributed by atoms with Crippen LogP contribution in [0.1, 0.15) is 42.9 Å². The summed E-state index contributed by atoms with van der Waals surface area (Å²) in [5, 5.41) is 0. The molecule has 1 nitrogen and oxygen atoms in total. The van der Waals surface area contributed by atoms with Crippen LogP contribution in [0.15, 0.2) is 91.1 Å². The Morgan fingerprint density at radius 3 is 2.15 bits per heavy atom. The van der Waals surface area contributed by atoms with Gasteiger partial charge in [0.05, 0.1) is 0 Å². The molecule has 1 heterocycles. The lowest BCUT2D eigenvalue weighted by Gasteiger charge is -2.37. The lowest BCUT2D eigenvalue weighted by molar-refractivity contribution is 0.512. The summed E-state index contributed by atoms with van der Waals surface area (Å²) in [6, 6.07) is 30.5. The van der Waals surface area contributed by atoms with Gasteiger partial charge in [-0.05, 0) is 34.2 Å². The molecule has 0 N–H and O–H groups in total. The number of para-hydroxylation sites is 1. The smallest absolute Gasteiger partial charge is 0.0476 e. The maximum Gasteiger partial charge on any atom is 0.0476 e. The third-order valence-corrected chi connectivity index (χ3v) is 5.73. The van der Waals surface area contributed by atoms with E-state index < -0.39 is 0 Å². The Bertz CT molecular complexity index is 911. The maximum absolute atomic E-state index is 2.42. The second-order valence-electron chi connectivity index (χ2n) is 7.49. The van der Waals surface area contributed by atoms with Crippen molar-refractivity contribution >= 4 is 11.3 Å². The largest absolute Gasteiger partial charge is 0.343 e. The van der Waals surface area contributed by atoms with Crippen LogP contribution in [-0.2, 0) is 6.54 Å². The number of anilines is 1. The summed E-state index contributed by atoms with van der Waals surface area (Å²) in [4.78, 5) is 2.42. The van der Waals surface area contributed by atoms with Crippen molar-refractivity contribution in [1.29, 1.82) is 0 Å². The third kappa shape index (κ3) is 3.55. The van der Waals surface area contributed by atoms with Crippen LogP contribution in [0, 0.1) is 5.92 Å². The molecular formula is C26H27N. The monoisotopic (exact) mass is 353 g/mol. The van der Waals surface area contributed by atoms with Gasteiger partial charge < -0.3 is 4.90 Å². The van der Waals surface area contributed by atoms with Gasteiger partial charge in [0.15, 0.2) is 0 Å². The Labute approximate surface area is 163 Å². The van der Waals surface area contributed by atoms with Crippen LogP contribution in [0.3, 0.4) is 0 Å². The number of nitrogens with zero attached hydrogens (tertiary/aromatic N) is 1. The van der Waals surface area contributed by atoms with Crippen LogP contribution in [0.25, 0.3) is 5.57 Å². The van der Waals surface area contributed by atoms with Gasteiger partial charge in [-0.3, -0.25) is 0 Å². The molecule has 1 aliphatic heterocycles. The molecule has 0 aromatic heterocycles. The van der Waals surface area contributed by atoms with E-state index in [0.717, 1.165) is 6.54 Å². The lowest BCUT2D eigenvalue weighted by atomic mass is 9.75. The predicted octanol–water partition coefficient (Wildman–Crippen LogP) is 6.88. The van der Waals surface area contributed by atoms with Crippen LogP contribution in [0.4, 0.5) is 5.69 Å². The van der Waals surface area contributed by atoms with Crippen molar-refractivity contribution in [2.45, 2.75) is 32.7 Å². The van der Waals surface area contributed by atoms with E-state index in [-0.39, 0.29) is 0 Å². The van der Waals surface area contributed by atoms with Gasteiger partial charge in [-0.2, -0.15) is 0 Å². The highest BCUT2D eigenvalue weighted by atomic mass is 15.1. The second-order valence-corrected chi connectivity index (χ2v) is 7.49. The first kappa shape index (κ1) is 17.6. The molecule has 4 rings (SSSR count). The minimum Gasteiger partial charge on any atom is -0.343 e. The molecule has 0 fully saturated rings. The number of hydrogen-bond acceptors (Lipinski definition) is 1. The Kier molecular flexibility index (Phi) is 5.11. The zero-order chi connectivity index (χ0) is 18.6. The Hall–Kier alpha value is -2.80. The Balaban J connectivity index is 1.83. The van der Waals surface area contributed by atoms with Gasteiger partial charge in [0.1, 0.15) is 0 Å². The fourth-order valence-corrected chi connectivity index (χ4v) is 4.14. The molecule has 0 amide bonds. The van der Waals surface area contributed by atoms with E-state index >= 15 is 0 Å². The van der Waals surface area contributed by atoms with E-state index in [4.69, 9.17) is 0 Å². The molecule has 1 heteroatoms. The lowest BCUT2D eigenvalue weighted by Crippen LogP contribution is -2.26. The Morgan fingerprint density at radius 1 is 0.815 bits per heavy atom. The van der Waals surface area contributed by atoms with Crippen LogP contribution in [0.2, 0.25) is 0 Å². The van der Waals surface area contributed by atoms with E-state index in [1.165, 1.54) is 34.4 Å². The standard InChI is InChI=1S/C26H27N/c1-3-20(2)26-23-16-10-11-17-25(23)27(18-21-12-6-4-7-13-21)19-24(26)22-14-8-5-9-15-22/h4-17,19-20,26H,3,18H2,1-2H3. The first-order chi connectivity index (χ1) is 13.3. The zero-order valence-electron chi connectivity index (χ0n) is 16.2. The predicted molar refractivity (Wildman–Crippen MR) is 116 cm³/mol. The number of hydrogen-bond donors (Lipinski definition) is 0. The molecule has 2 atom stereocenters. The summed E-state index contributed by atoms with van der Waals surface area (Å²) in [7, 11) is 0. The van der Waals surface area contributed by atoms with Gasteiger partial charge in [-0.15, -0.1) is 0 Å². The van der Waals surface area contributed by atoms with Crippen LogP contribution in [0.5, 0.6) is 0 Å². The minimum absolute atomic E-state index is 0.431. The minimum atomic E-state index is 0.431. The van der Waals surface area contributed by atoms with Crippen molar-refractivity contribution in [3.05, 3.63) is 108 Å². The van der Waals surface area contributed by atoms with E-state index in [1.807, 2.05) is 0 Å². The van der Waals surface area contributed by atoms with Crippen LogP contribution in [-0.4, -0.2) is 0 Å². The number of rotatable bonds is 5. The molecule has 0 radical (unpaired) electrons. The molecule has 27 heavy (non-hydrogen) atoms. The molecule has 0 aliphatic carbocycles. The molecule has 0 saturated heterocycles. The first-order valence-electron chi connectivity index (χ1n) is 9.94. The average Bonchev–Trinajstić information content (AvgIpc) is 2.74. The molecular weight excluding hydrogens is 326 g/mol. The van der Waals surface area contributed by atoms with Crippen molar-refractivity contribution in [2.24, 2.45) is 5.92 Å². The summed E-state index contributed by atoms with van der Waals surface area (Å²) < 4.78 is 0. The van der Waals surface area contributed by atoms with Crippen LogP contribution >= 0.6 is 0 Å². The van der Waals surface area contributed by atoms with Gasteiger partial charge >= 0.3 is 0 Å². The van der Waals surface area contributed by atoms with Gasteiger partial charge in [0.2, 0.25) is 0 Å². The van der Waals surface area contributed by atoms with Crippen molar-refractivity contribution in [3.8, 4) is 0 Å². The van der Waals surface area contributed by atoms with Crippen molar-refractivity contribution in [3.63, 3.8) is 0 Å². The molecule has 1 aliphatic rings. The fourth-order valence-electron chi connectivity index (χ4n) is 4.14. The summed E-state index contributed by atoms with van der Waals surface area (Å²) in [6.07, 6.45) is 3.56. The van der Waals surface area contributed by atoms with E-state index in [1.54, 1.807) is 0 Å². The molecule has 0 saturated carbocycles. The molecule has 136 valence electrons. The normalized spacial score (nSPS) is 17.2. The van der Waals surface area contributed by atoms with Gasteiger partial charge in [-0.1, -0.05) is 99.1 Å². The highest BCUT2D eigenvalue weighted by Gasteiger charge is 2.31. The van der Waals surface area contributed by atoms with E-state index in [2.05, 4.69) is 110 Å². The van der Waals surface area contributed by atoms with Crippen molar-refractivity contribution < 1.29 is 0 Å². The zero-order valence-corrected chi connectivity index (χ0v) is 16.2. The average molecular weight is 354 g/mol. The maximum atomic E-state index is 2.42. The highest BCUT2D eigenvalue weighted by Crippen LogP contribution is 2.47. The topological polar surface area (TPSA) is 3.24 Å². The second kappa shape index (κ2) is 7.84. The van der Waals surface area contributed by atoms with Crippen LogP contribution < -0.4 is 4.90 Å². The summed E-state index contributed by atoms with van der Waals surface area (Å²) >= 11 is 0. The summed E-state index contributed by atoms with van der Waals surface area (Å²) in [6.45, 7) is 5.57. The van der Waals surface area contributed by atoms with Crippen molar-refractivity contribution in [1.82, 2.24) is 0 Å².